The molecule has 0 heterocycles. The van der Waals surface area contributed by atoms with Gasteiger partial charge in [-0.15, -0.1) is 0 Å². The third kappa shape index (κ3) is 5.43. The average molecular weight is 264 g/mol. The van der Waals surface area contributed by atoms with E-state index in [0.717, 1.165) is 18.4 Å². The van der Waals surface area contributed by atoms with Gasteiger partial charge < -0.3 is 10.2 Å². The molecule has 1 rings (SSSR count). The number of hydrogen-bond acceptors (Lipinski definition) is 2. The molecule has 0 aliphatic carbocycles. The topological polar surface area (TPSA) is 57.5 Å². The molecule has 106 valence electrons. The van der Waals surface area contributed by atoms with Gasteiger partial charge in [-0.3, -0.25) is 0 Å². The third-order valence-corrected chi connectivity index (χ3v) is 3.39. The van der Waals surface area contributed by atoms with Gasteiger partial charge in [-0.05, 0) is 30.0 Å². The normalized spacial score (nSPS) is 10.6. The van der Waals surface area contributed by atoms with Crippen LogP contribution < -0.4 is 0 Å². The predicted molar refractivity (Wildman–Crippen MR) is 76.4 cm³/mol. The zero-order valence-electron chi connectivity index (χ0n) is 11.7. The average Bonchev–Trinajstić information content (AvgIpc) is 2.42. The molecular formula is C16H24O3. The van der Waals surface area contributed by atoms with Crippen molar-refractivity contribution in [3.63, 3.8) is 0 Å². The minimum atomic E-state index is -0.977. The van der Waals surface area contributed by atoms with Gasteiger partial charge in [0.15, 0.2) is 0 Å². The smallest absolute Gasteiger partial charge is 0.336 e. The fourth-order valence-corrected chi connectivity index (χ4v) is 2.25. The number of carbonyl (C=O) groups is 1. The summed E-state index contributed by atoms with van der Waals surface area (Å²) in [7, 11) is 0. The quantitative estimate of drug-likeness (QED) is 0.667. The van der Waals surface area contributed by atoms with Crippen molar-refractivity contribution < 1.29 is 15.0 Å². The van der Waals surface area contributed by atoms with Gasteiger partial charge in [-0.1, -0.05) is 51.2 Å². The Morgan fingerprint density at radius 2 is 1.79 bits per heavy atom. The molecule has 0 aromatic heterocycles. The first-order chi connectivity index (χ1) is 9.19. The van der Waals surface area contributed by atoms with E-state index in [2.05, 4.69) is 6.92 Å². The Morgan fingerprint density at radius 3 is 2.42 bits per heavy atom. The number of benzene rings is 1. The van der Waals surface area contributed by atoms with Crippen LogP contribution in [-0.4, -0.2) is 16.2 Å². The third-order valence-electron chi connectivity index (χ3n) is 3.39. The standard InChI is InChI=1S/C16H24O3/c1-2-3-4-5-6-7-8-13-9-10-15(16(18)19)14(11-13)12-17/h9-11,17H,2-8,12H2,1H3,(H,18,19). The van der Waals surface area contributed by atoms with Gasteiger partial charge in [0.1, 0.15) is 0 Å². The van der Waals surface area contributed by atoms with Gasteiger partial charge >= 0.3 is 5.97 Å². The summed E-state index contributed by atoms with van der Waals surface area (Å²) in [5, 5.41) is 18.2. The van der Waals surface area contributed by atoms with Crippen molar-refractivity contribution in [2.75, 3.05) is 0 Å². The lowest BCUT2D eigenvalue weighted by Crippen LogP contribution is -2.03. The maximum Gasteiger partial charge on any atom is 0.336 e. The van der Waals surface area contributed by atoms with Crippen LogP contribution in [0.5, 0.6) is 0 Å². The first-order valence-electron chi connectivity index (χ1n) is 7.15. The summed E-state index contributed by atoms with van der Waals surface area (Å²) in [6, 6.07) is 5.27. The number of aliphatic hydroxyl groups excluding tert-OH is 1. The highest BCUT2D eigenvalue weighted by atomic mass is 16.4. The number of hydrogen-bond donors (Lipinski definition) is 2. The van der Waals surface area contributed by atoms with E-state index in [0.29, 0.717) is 5.56 Å². The highest BCUT2D eigenvalue weighted by Crippen LogP contribution is 2.15. The van der Waals surface area contributed by atoms with Gasteiger partial charge in [0.2, 0.25) is 0 Å². The van der Waals surface area contributed by atoms with E-state index < -0.39 is 5.97 Å². The molecule has 0 radical (unpaired) electrons. The molecule has 0 unspecified atom stereocenters. The number of aliphatic hydroxyl groups is 1. The zero-order valence-corrected chi connectivity index (χ0v) is 11.7. The van der Waals surface area contributed by atoms with Crippen LogP contribution in [0.3, 0.4) is 0 Å². The molecule has 0 fully saturated rings. The maximum atomic E-state index is 10.9. The van der Waals surface area contributed by atoms with Gasteiger partial charge in [0.25, 0.3) is 0 Å². The van der Waals surface area contributed by atoms with Crippen LogP contribution in [0, 0.1) is 0 Å². The maximum absolute atomic E-state index is 10.9. The first-order valence-corrected chi connectivity index (χ1v) is 7.15. The van der Waals surface area contributed by atoms with Crippen LogP contribution in [0.25, 0.3) is 0 Å². The largest absolute Gasteiger partial charge is 0.478 e. The molecule has 2 N–H and O–H groups in total. The lowest BCUT2D eigenvalue weighted by Gasteiger charge is -2.07. The van der Waals surface area contributed by atoms with Crippen molar-refractivity contribution in [3.8, 4) is 0 Å². The lowest BCUT2D eigenvalue weighted by atomic mass is 10.00. The Bertz CT molecular complexity index is 399. The fraction of sp³-hybridized carbons (Fsp3) is 0.562. The van der Waals surface area contributed by atoms with Crippen molar-refractivity contribution in [2.24, 2.45) is 0 Å². The van der Waals surface area contributed by atoms with E-state index >= 15 is 0 Å². The molecular weight excluding hydrogens is 240 g/mol. The van der Waals surface area contributed by atoms with E-state index in [1.165, 1.54) is 32.1 Å². The van der Waals surface area contributed by atoms with Crippen LogP contribution >= 0.6 is 0 Å². The Labute approximate surface area is 115 Å². The second-order valence-electron chi connectivity index (χ2n) is 4.97. The van der Waals surface area contributed by atoms with Crippen LogP contribution in [-0.2, 0) is 13.0 Å². The highest BCUT2D eigenvalue weighted by Gasteiger charge is 2.09. The molecule has 3 heteroatoms. The number of aryl methyl sites for hydroxylation is 1. The van der Waals surface area contributed by atoms with Crippen LogP contribution in [0.1, 0.15) is 66.9 Å². The van der Waals surface area contributed by atoms with Crippen molar-refractivity contribution in [2.45, 2.75) is 58.5 Å². The summed E-state index contributed by atoms with van der Waals surface area (Å²) in [6.07, 6.45) is 8.44. The molecule has 0 saturated carbocycles. The summed E-state index contributed by atoms with van der Waals surface area (Å²) in [4.78, 5) is 10.9. The summed E-state index contributed by atoms with van der Waals surface area (Å²) in [6.45, 7) is 1.99. The van der Waals surface area contributed by atoms with Gasteiger partial charge in [0, 0.05) is 0 Å². The minimum Gasteiger partial charge on any atom is -0.478 e. The highest BCUT2D eigenvalue weighted by molar-refractivity contribution is 5.89. The van der Waals surface area contributed by atoms with E-state index in [4.69, 9.17) is 5.11 Å². The summed E-state index contributed by atoms with van der Waals surface area (Å²) in [5.74, 6) is -0.977. The molecule has 19 heavy (non-hydrogen) atoms. The van der Waals surface area contributed by atoms with E-state index in [1.807, 2.05) is 12.1 Å². The lowest BCUT2D eigenvalue weighted by molar-refractivity contribution is 0.0693. The van der Waals surface area contributed by atoms with Crippen LogP contribution in [0.15, 0.2) is 18.2 Å². The Balaban J connectivity index is 2.44. The number of carboxylic acids is 1. The van der Waals surface area contributed by atoms with Crippen molar-refractivity contribution in [1.82, 2.24) is 0 Å². The SMILES string of the molecule is CCCCCCCCc1ccc(C(=O)O)c(CO)c1. The molecule has 0 amide bonds. The molecule has 0 aliphatic rings. The van der Waals surface area contributed by atoms with E-state index in [9.17, 15) is 9.90 Å². The summed E-state index contributed by atoms with van der Waals surface area (Å²) in [5.41, 5.74) is 1.83. The van der Waals surface area contributed by atoms with Crippen LogP contribution in [0.2, 0.25) is 0 Å². The number of unbranched alkanes of at least 4 members (excludes halogenated alkanes) is 5. The second-order valence-corrected chi connectivity index (χ2v) is 4.97. The molecule has 0 aliphatic heterocycles. The Hall–Kier alpha value is -1.35. The van der Waals surface area contributed by atoms with Crippen LogP contribution in [0.4, 0.5) is 0 Å². The molecule has 0 spiro atoms. The molecule has 1 aromatic rings. The van der Waals surface area contributed by atoms with Gasteiger partial charge in [0.05, 0.1) is 12.2 Å². The fourth-order valence-electron chi connectivity index (χ4n) is 2.25. The molecule has 0 atom stereocenters. The van der Waals surface area contributed by atoms with E-state index in [-0.39, 0.29) is 12.2 Å². The molecule has 0 bridgehead atoms. The van der Waals surface area contributed by atoms with Crippen molar-refractivity contribution in [3.05, 3.63) is 34.9 Å². The Kier molecular flexibility index (Phi) is 7.19. The van der Waals surface area contributed by atoms with Gasteiger partial charge in [-0.25, -0.2) is 4.79 Å². The van der Waals surface area contributed by atoms with Gasteiger partial charge in [-0.2, -0.15) is 0 Å². The van der Waals surface area contributed by atoms with E-state index in [1.54, 1.807) is 6.07 Å². The van der Waals surface area contributed by atoms with Crippen molar-refractivity contribution in [1.29, 1.82) is 0 Å². The molecule has 0 saturated heterocycles. The zero-order chi connectivity index (χ0) is 14.1. The Morgan fingerprint density at radius 1 is 1.11 bits per heavy atom. The molecule has 1 aromatic carbocycles. The first kappa shape index (κ1) is 15.7. The second kappa shape index (κ2) is 8.70. The predicted octanol–water partition coefficient (Wildman–Crippen LogP) is 3.78. The van der Waals surface area contributed by atoms with Crippen molar-refractivity contribution >= 4 is 5.97 Å². The number of aromatic carboxylic acids is 1. The summed E-state index contributed by atoms with van der Waals surface area (Å²) >= 11 is 0. The summed E-state index contributed by atoms with van der Waals surface area (Å²) < 4.78 is 0. The number of carboxylic acid groups (broad SMARTS) is 1. The molecule has 3 nitrogen and oxygen atoms in total. The number of rotatable bonds is 9. The monoisotopic (exact) mass is 264 g/mol. The minimum absolute atomic E-state index is 0.203.